The number of anilines is 1. The van der Waals surface area contributed by atoms with Gasteiger partial charge in [-0.05, 0) is 30.7 Å². The summed E-state index contributed by atoms with van der Waals surface area (Å²) in [5.74, 6) is -1.25. The van der Waals surface area contributed by atoms with Crippen LogP contribution in [0.25, 0.3) is 22.4 Å². The first kappa shape index (κ1) is 18.7. The van der Waals surface area contributed by atoms with Gasteiger partial charge in [-0.3, -0.25) is 0 Å². The molecule has 0 aliphatic rings. The van der Waals surface area contributed by atoms with Gasteiger partial charge in [0, 0.05) is 22.9 Å². The van der Waals surface area contributed by atoms with E-state index in [0.717, 1.165) is 18.4 Å². The number of hydrogen-bond acceptors (Lipinski definition) is 6. The van der Waals surface area contributed by atoms with E-state index in [1.54, 1.807) is 18.3 Å². The molecular formula is C19H16ClFN4O2. The van der Waals surface area contributed by atoms with Gasteiger partial charge in [0.25, 0.3) is 0 Å². The van der Waals surface area contributed by atoms with E-state index < -0.39 is 11.8 Å². The Balaban J connectivity index is 2.24. The topological polar surface area (TPSA) is 91.0 Å². The number of nitrogen functional groups attached to an aromatic ring is 1. The molecule has 8 heteroatoms. The molecule has 2 N–H and O–H groups in total. The molecule has 0 atom stereocenters. The molecule has 1 aromatic carbocycles. The Morgan fingerprint density at radius 2 is 2.00 bits per heavy atom. The van der Waals surface area contributed by atoms with Gasteiger partial charge in [0.05, 0.1) is 23.5 Å². The summed E-state index contributed by atoms with van der Waals surface area (Å²) in [7, 11) is 1.16. The summed E-state index contributed by atoms with van der Waals surface area (Å²) in [5, 5.41) is -0.0603. The van der Waals surface area contributed by atoms with Crippen LogP contribution in [0.4, 0.5) is 10.2 Å². The number of pyridine rings is 1. The minimum atomic E-state index is -0.844. The van der Waals surface area contributed by atoms with Crippen LogP contribution in [0, 0.1) is 5.82 Å². The summed E-state index contributed by atoms with van der Waals surface area (Å²) in [6.07, 6.45) is 3.64. The second kappa shape index (κ2) is 7.67. The Morgan fingerprint density at radius 1 is 1.22 bits per heavy atom. The van der Waals surface area contributed by atoms with Crippen molar-refractivity contribution in [3.63, 3.8) is 0 Å². The fourth-order valence-electron chi connectivity index (χ4n) is 2.77. The van der Waals surface area contributed by atoms with Crippen LogP contribution in [0.15, 0.2) is 36.8 Å². The van der Waals surface area contributed by atoms with Crippen molar-refractivity contribution < 1.29 is 13.9 Å². The summed E-state index contributed by atoms with van der Waals surface area (Å²) < 4.78 is 19.1. The molecule has 0 fully saturated rings. The predicted molar refractivity (Wildman–Crippen MR) is 101 cm³/mol. The number of ether oxygens (including phenoxy) is 1. The lowest BCUT2D eigenvalue weighted by atomic mass is 9.97. The van der Waals surface area contributed by atoms with Crippen molar-refractivity contribution in [2.75, 3.05) is 12.8 Å². The zero-order valence-electron chi connectivity index (χ0n) is 14.7. The highest BCUT2D eigenvalue weighted by atomic mass is 35.5. The summed E-state index contributed by atoms with van der Waals surface area (Å²) in [6.45, 7) is 1.95. The standard InChI is InChI=1S/C19H16ClFN4O2/c1-3-14-16(10-4-5-15(22)23-8-10)18(25-9-24-14)11-6-12(20)17(13(21)7-11)19(26)27-2/h4-9H,3H2,1-2H3,(H2,22,23). The second-order valence-corrected chi connectivity index (χ2v) is 6.08. The van der Waals surface area contributed by atoms with Crippen molar-refractivity contribution in [2.24, 2.45) is 0 Å². The lowest BCUT2D eigenvalue weighted by molar-refractivity contribution is 0.0596. The van der Waals surface area contributed by atoms with Crippen LogP contribution in [0.2, 0.25) is 5.02 Å². The first-order valence-electron chi connectivity index (χ1n) is 8.09. The average Bonchev–Trinajstić information content (AvgIpc) is 2.67. The Labute approximate surface area is 160 Å². The summed E-state index contributed by atoms with van der Waals surface area (Å²) in [6, 6.07) is 6.14. The Hall–Kier alpha value is -3.06. The highest BCUT2D eigenvalue weighted by Gasteiger charge is 2.21. The summed E-state index contributed by atoms with van der Waals surface area (Å²) in [5.41, 5.74) is 8.45. The first-order valence-corrected chi connectivity index (χ1v) is 8.47. The molecular weight excluding hydrogens is 371 g/mol. The molecule has 0 spiro atoms. The third-order valence-corrected chi connectivity index (χ3v) is 4.34. The van der Waals surface area contributed by atoms with Gasteiger partial charge in [-0.1, -0.05) is 18.5 Å². The third kappa shape index (κ3) is 3.59. The van der Waals surface area contributed by atoms with Crippen molar-refractivity contribution in [1.29, 1.82) is 0 Å². The van der Waals surface area contributed by atoms with Crippen LogP contribution in [-0.2, 0) is 11.2 Å². The molecule has 27 heavy (non-hydrogen) atoms. The van der Waals surface area contributed by atoms with Crippen molar-refractivity contribution >= 4 is 23.4 Å². The van der Waals surface area contributed by atoms with Crippen LogP contribution < -0.4 is 5.73 Å². The number of aromatic nitrogens is 3. The molecule has 0 amide bonds. The fraction of sp³-hybridized carbons (Fsp3) is 0.158. The Morgan fingerprint density at radius 3 is 2.59 bits per heavy atom. The van der Waals surface area contributed by atoms with E-state index in [9.17, 15) is 9.18 Å². The maximum absolute atomic E-state index is 14.5. The normalized spacial score (nSPS) is 10.7. The van der Waals surface area contributed by atoms with Gasteiger partial charge in [-0.2, -0.15) is 0 Å². The molecule has 0 saturated carbocycles. The first-order chi connectivity index (χ1) is 13.0. The van der Waals surface area contributed by atoms with Gasteiger partial charge in [-0.25, -0.2) is 24.1 Å². The zero-order valence-corrected chi connectivity index (χ0v) is 15.4. The van der Waals surface area contributed by atoms with E-state index >= 15 is 0 Å². The van der Waals surface area contributed by atoms with E-state index in [1.807, 2.05) is 6.92 Å². The zero-order chi connectivity index (χ0) is 19.6. The number of nitrogens with zero attached hydrogens (tertiary/aromatic N) is 3. The maximum atomic E-state index is 14.5. The van der Waals surface area contributed by atoms with Gasteiger partial charge in [0.15, 0.2) is 0 Å². The summed E-state index contributed by atoms with van der Waals surface area (Å²) in [4.78, 5) is 24.5. The van der Waals surface area contributed by atoms with Gasteiger partial charge < -0.3 is 10.5 Å². The largest absolute Gasteiger partial charge is 0.465 e. The molecule has 2 heterocycles. The molecule has 0 aliphatic heterocycles. The monoisotopic (exact) mass is 386 g/mol. The van der Waals surface area contributed by atoms with Crippen LogP contribution in [0.3, 0.4) is 0 Å². The van der Waals surface area contributed by atoms with E-state index in [-0.39, 0.29) is 10.6 Å². The van der Waals surface area contributed by atoms with Crippen LogP contribution in [-0.4, -0.2) is 28.0 Å². The predicted octanol–water partition coefficient (Wildman–Crippen LogP) is 3.93. The van der Waals surface area contributed by atoms with Crippen molar-refractivity contribution in [3.8, 4) is 22.4 Å². The van der Waals surface area contributed by atoms with Gasteiger partial charge in [0.2, 0.25) is 0 Å². The number of nitrogens with two attached hydrogens (primary N) is 1. The third-order valence-electron chi connectivity index (χ3n) is 4.04. The van der Waals surface area contributed by atoms with Gasteiger partial charge >= 0.3 is 5.97 Å². The number of halogens is 2. The molecule has 6 nitrogen and oxygen atoms in total. The molecule has 0 unspecified atom stereocenters. The molecule has 0 saturated heterocycles. The van der Waals surface area contributed by atoms with Crippen LogP contribution in [0.5, 0.6) is 0 Å². The smallest absolute Gasteiger partial charge is 0.342 e. The number of methoxy groups -OCH3 is 1. The van der Waals surface area contributed by atoms with Gasteiger partial charge in [0.1, 0.15) is 23.5 Å². The van der Waals surface area contributed by atoms with E-state index in [4.69, 9.17) is 17.3 Å². The number of esters is 1. The van der Waals surface area contributed by atoms with Crippen molar-refractivity contribution in [1.82, 2.24) is 15.0 Å². The number of hydrogen-bond donors (Lipinski definition) is 1. The average molecular weight is 387 g/mol. The minimum Gasteiger partial charge on any atom is -0.465 e. The van der Waals surface area contributed by atoms with Gasteiger partial charge in [-0.15, -0.1) is 0 Å². The molecule has 0 aliphatic carbocycles. The van der Waals surface area contributed by atoms with E-state index in [2.05, 4.69) is 19.7 Å². The molecule has 3 rings (SSSR count). The van der Waals surface area contributed by atoms with E-state index in [0.29, 0.717) is 29.1 Å². The number of rotatable bonds is 4. The number of benzene rings is 1. The Kier molecular flexibility index (Phi) is 5.32. The maximum Gasteiger partial charge on any atom is 0.342 e. The molecule has 0 bridgehead atoms. The quantitative estimate of drug-likeness (QED) is 0.683. The van der Waals surface area contributed by atoms with E-state index in [1.165, 1.54) is 18.5 Å². The summed E-state index contributed by atoms with van der Waals surface area (Å²) >= 11 is 6.14. The van der Waals surface area contributed by atoms with Crippen LogP contribution >= 0.6 is 11.6 Å². The highest BCUT2D eigenvalue weighted by Crippen LogP contribution is 2.35. The SMILES string of the molecule is CCc1ncnc(-c2cc(F)c(C(=O)OC)c(Cl)c2)c1-c1ccc(N)nc1. The Bertz CT molecular complexity index is 986. The van der Waals surface area contributed by atoms with Crippen molar-refractivity contribution in [2.45, 2.75) is 13.3 Å². The van der Waals surface area contributed by atoms with Crippen molar-refractivity contribution in [3.05, 3.63) is 58.9 Å². The molecule has 2 aromatic heterocycles. The molecule has 138 valence electrons. The van der Waals surface area contributed by atoms with Crippen LogP contribution in [0.1, 0.15) is 23.0 Å². The lowest BCUT2D eigenvalue weighted by Gasteiger charge is -2.14. The fourth-order valence-corrected chi connectivity index (χ4v) is 3.06. The number of aryl methyl sites for hydroxylation is 1. The second-order valence-electron chi connectivity index (χ2n) is 5.68. The minimum absolute atomic E-state index is 0.0603. The number of carbonyl (C=O) groups excluding carboxylic acids is 1. The highest BCUT2D eigenvalue weighted by molar-refractivity contribution is 6.34. The molecule has 0 radical (unpaired) electrons. The lowest BCUT2D eigenvalue weighted by Crippen LogP contribution is -2.06. The molecule has 3 aromatic rings. The number of carbonyl (C=O) groups is 1.